The number of benzene rings is 1. The molecule has 1 heterocycles. The smallest absolute Gasteiger partial charge is 0.141 e. The van der Waals surface area contributed by atoms with Gasteiger partial charge in [-0.3, -0.25) is 0 Å². The van der Waals surface area contributed by atoms with Crippen molar-refractivity contribution in [2.24, 2.45) is 0 Å². The number of ether oxygens (including phenoxy) is 1. The molecule has 0 atom stereocenters. The molecule has 1 aromatic carbocycles. The Bertz CT molecular complexity index is 485. The first kappa shape index (κ1) is 11.4. The monoisotopic (exact) mass is 229 g/mol. The third kappa shape index (κ3) is 2.93. The molecule has 88 valence electrons. The Labute approximate surface area is 101 Å². The SMILES string of the molecule is COc1ccc(C)cc1NCc1cncnc1. The van der Waals surface area contributed by atoms with Gasteiger partial charge < -0.3 is 10.1 Å². The van der Waals surface area contributed by atoms with Gasteiger partial charge in [0, 0.05) is 24.5 Å². The van der Waals surface area contributed by atoms with E-state index < -0.39 is 0 Å². The van der Waals surface area contributed by atoms with E-state index in [2.05, 4.69) is 28.3 Å². The van der Waals surface area contributed by atoms with Crippen molar-refractivity contribution in [1.82, 2.24) is 9.97 Å². The molecule has 2 rings (SSSR count). The molecule has 0 fully saturated rings. The Balaban J connectivity index is 2.11. The summed E-state index contributed by atoms with van der Waals surface area (Å²) in [5.41, 5.74) is 3.21. The molecule has 1 aromatic heterocycles. The van der Waals surface area contributed by atoms with Gasteiger partial charge in [-0.2, -0.15) is 0 Å². The average molecular weight is 229 g/mol. The molecule has 0 spiro atoms. The molecule has 4 heteroatoms. The lowest BCUT2D eigenvalue weighted by Gasteiger charge is -2.11. The Morgan fingerprint density at radius 1 is 1.24 bits per heavy atom. The third-order valence-corrected chi connectivity index (χ3v) is 2.45. The van der Waals surface area contributed by atoms with Crippen molar-refractivity contribution >= 4 is 5.69 Å². The molecule has 0 aliphatic carbocycles. The minimum Gasteiger partial charge on any atom is -0.495 e. The highest BCUT2D eigenvalue weighted by Crippen LogP contribution is 2.25. The highest BCUT2D eigenvalue weighted by Gasteiger charge is 2.02. The second-order valence-corrected chi connectivity index (χ2v) is 3.80. The molecule has 2 aromatic rings. The molecule has 0 bridgehead atoms. The second-order valence-electron chi connectivity index (χ2n) is 3.80. The molecule has 0 aliphatic rings. The number of methoxy groups -OCH3 is 1. The van der Waals surface area contributed by atoms with Crippen LogP contribution in [0.15, 0.2) is 36.9 Å². The number of hydrogen-bond donors (Lipinski definition) is 1. The zero-order valence-electron chi connectivity index (χ0n) is 9.97. The van der Waals surface area contributed by atoms with Crippen molar-refractivity contribution in [3.8, 4) is 5.75 Å². The van der Waals surface area contributed by atoms with E-state index in [1.807, 2.05) is 12.1 Å². The van der Waals surface area contributed by atoms with E-state index in [4.69, 9.17) is 4.74 Å². The van der Waals surface area contributed by atoms with Gasteiger partial charge >= 0.3 is 0 Å². The minimum atomic E-state index is 0.681. The van der Waals surface area contributed by atoms with Crippen LogP contribution in [0.5, 0.6) is 5.75 Å². The van der Waals surface area contributed by atoms with Gasteiger partial charge in [0.15, 0.2) is 0 Å². The maximum atomic E-state index is 5.29. The van der Waals surface area contributed by atoms with E-state index >= 15 is 0 Å². The zero-order valence-corrected chi connectivity index (χ0v) is 9.97. The molecule has 0 saturated heterocycles. The lowest BCUT2D eigenvalue weighted by Crippen LogP contribution is -2.02. The Morgan fingerprint density at radius 3 is 2.71 bits per heavy atom. The van der Waals surface area contributed by atoms with Crippen LogP contribution in [0.2, 0.25) is 0 Å². The van der Waals surface area contributed by atoms with Crippen LogP contribution in [0.3, 0.4) is 0 Å². The highest BCUT2D eigenvalue weighted by atomic mass is 16.5. The van der Waals surface area contributed by atoms with Crippen LogP contribution in [0.25, 0.3) is 0 Å². The van der Waals surface area contributed by atoms with Crippen LogP contribution < -0.4 is 10.1 Å². The van der Waals surface area contributed by atoms with Crippen LogP contribution in [0.4, 0.5) is 5.69 Å². The third-order valence-electron chi connectivity index (χ3n) is 2.45. The van der Waals surface area contributed by atoms with Gasteiger partial charge in [0.05, 0.1) is 12.8 Å². The summed E-state index contributed by atoms with van der Waals surface area (Å²) in [6, 6.07) is 6.04. The van der Waals surface area contributed by atoms with E-state index in [0.29, 0.717) is 6.54 Å². The number of nitrogens with one attached hydrogen (secondary N) is 1. The molecular formula is C13H15N3O. The summed E-state index contributed by atoms with van der Waals surface area (Å²) in [7, 11) is 1.67. The maximum Gasteiger partial charge on any atom is 0.141 e. The molecule has 4 nitrogen and oxygen atoms in total. The fourth-order valence-electron chi connectivity index (χ4n) is 1.58. The summed E-state index contributed by atoms with van der Waals surface area (Å²) in [6.45, 7) is 2.73. The number of aryl methyl sites for hydroxylation is 1. The molecule has 0 saturated carbocycles. The molecule has 17 heavy (non-hydrogen) atoms. The molecule has 1 N–H and O–H groups in total. The summed E-state index contributed by atoms with van der Waals surface area (Å²) in [6.07, 6.45) is 5.11. The lowest BCUT2D eigenvalue weighted by atomic mass is 10.2. The molecule has 0 radical (unpaired) electrons. The van der Waals surface area contributed by atoms with Crippen LogP contribution in [-0.2, 0) is 6.54 Å². The van der Waals surface area contributed by atoms with E-state index in [1.165, 1.54) is 11.9 Å². The van der Waals surface area contributed by atoms with Crippen molar-refractivity contribution in [2.45, 2.75) is 13.5 Å². The zero-order chi connectivity index (χ0) is 12.1. The van der Waals surface area contributed by atoms with Gasteiger partial charge in [-0.05, 0) is 24.6 Å². The summed E-state index contributed by atoms with van der Waals surface area (Å²) in [5, 5.41) is 3.32. The van der Waals surface area contributed by atoms with E-state index in [9.17, 15) is 0 Å². The molecule has 0 aliphatic heterocycles. The van der Waals surface area contributed by atoms with Crippen molar-refractivity contribution in [2.75, 3.05) is 12.4 Å². The van der Waals surface area contributed by atoms with Crippen molar-refractivity contribution in [3.63, 3.8) is 0 Å². The fourth-order valence-corrected chi connectivity index (χ4v) is 1.58. The largest absolute Gasteiger partial charge is 0.495 e. The highest BCUT2D eigenvalue weighted by molar-refractivity contribution is 5.58. The average Bonchev–Trinajstić information content (AvgIpc) is 2.38. The van der Waals surface area contributed by atoms with Crippen LogP contribution >= 0.6 is 0 Å². The molecular weight excluding hydrogens is 214 g/mol. The summed E-state index contributed by atoms with van der Waals surface area (Å²) in [4.78, 5) is 7.95. The number of rotatable bonds is 4. The number of hydrogen-bond acceptors (Lipinski definition) is 4. The first-order valence-corrected chi connectivity index (χ1v) is 5.42. The number of nitrogens with zero attached hydrogens (tertiary/aromatic N) is 2. The van der Waals surface area contributed by atoms with Crippen molar-refractivity contribution in [1.29, 1.82) is 0 Å². The number of aromatic nitrogens is 2. The molecule has 0 amide bonds. The summed E-state index contributed by atoms with van der Waals surface area (Å²) in [5.74, 6) is 0.840. The van der Waals surface area contributed by atoms with Crippen molar-refractivity contribution < 1.29 is 4.74 Å². The Morgan fingerprint density at radius 2 is 2.00 bits per heavy atom. The predicted octanol–water partition coefficient (Wildman–Crippen LogP) is 2.41. The lowest BCUT2D eigenvalue weighted by molar-refractivity contribution is 0.416. The van der Waals surface area contributed by atoms with E-state index in [0.717, 1.165) is 17.0 Å². The van der Waals surface area contributed by atoms with Crippen LogP contribution in [0, 0.1) is 6.92 Å². The first-order chi connectivity index (χ1) is 8.29. The Hall–Kier alpha value is -2.10. The Kier molecular flexibility index (Phi) is 3.55. The minimum absolute atomic E-state index is 0.681. The standard InChI is InChI=1S/C13H15N3O/c1-10-3-4-13(17-2)12(5-10)16-8-11-6-14-9-15-7-11/h3-7,9,16H,8H2,1-2H3. The first-order valence-electron chi connectivity index (χ1n) is 5.42. The predicted molar refractivity (Wildman–Crippen MR) is 67.1 cm³/mol. The van der Waals surface area contributed by atoms with Gasteiger partial charge in [-0.1, -0.05) is 6.07 Å². The maximum absolute atomic E-state index is 5.29. The van der Waals surface area contributed by atoms with Crippen molar-refractivity contribution in [3.05, 3.63) is 48.0 Å². The van der Waals surface area contributed by atoms with E-state index in [1.54, 1.807) is 19.5 Å². The second kappa shape index (κ2) is 5.30. The van der Waals surface area contributed by atoms with Crippen LogP contribution in [-0.4, -0.2) is 17.1 Å². The van der Waals surface area contributed by atoms with Gasteiger partial charge in [0.1, 0.15) is 12.1 Å². The normalized spacial score (nSPS) is 10.0. The topological polar surface area (TPSA) is 47.0 Å². The van der Waals surface area contributed by atoms with Crippen LogP contribution in [0.1, 0.15) is 11.1 Å². The van der Waals surface area contributed by atoms with Gasteiger partial charge in [-0.25, -0.2) is 9.97 Å². The fraction of sp³-hybridized carbons (Fsp3) is 0.231. The molecule has 0 unspecified atom stereocenters. The van der Waals surface area contributed by atoms with Gasteiger partial charge in [0.25, 0.3) is 0 Å². The van der Waals surface area contributed by atoms with Gasteiger partial charge in [0.2, 0.25) is 0 Å². The van der Waals surface area contributed by atoms with E-state index in [-0.39, 0.29) is 0 Å². The number of anilines is 1. The summed E-state index contributed by atoms with van der Waals surface area (Å²) >= 11 is 0. The van der Waals surface area contributed by atoms with Gasteiger partial charge in [-0.15, -0.1) is 0 Å². The quantitative estimate of drug-likeness (QED) is 0.874. The summed E-state index contributed by atoms with van der Waals surface area (Å²) < 4.78 is 5.29.